The third-order valence-electron chi connectivity index (χ3n) is 9.15. The van der Waals surface area contributed by atoms with E-state index < -0.39 is 77.4 Å². The Morgan fingerprint density at radius 2 is 1.67 bits per heavy atom. The number of Topliss-reactive ketones (excluding diaryl/α,β-unsaturated/α-hetero) is 1. The third kappa shape index (κ3) is 12.1. The maximum Gasteiger partial charge on any atom is 0.407 e. The minimum atomic E-state index is -1.23. The van der Waals surface area contributed by atoms with Crippen LogP contribution in [0.2, 0.25) is 0 Å². The number of alkyl carbamates (subject to hydrolysis) is 1. The molecular formula is C40H56N6O8. The summed E-state index contributed by atoms with van der Waals surface area (Å²) in [5, 5.41) is 10.3. The van der Waals surface area contributed by atoms with Crippen LogP contribution >= 0.6 is 0 Å². The largest absolute Gasteiger partial charge is 0.449 e. The molecule has 0 radical (unpaired) electrons. The highest BCUT2D eigenvalue weighted by atomic mass is 16.5. The average molecular weight is 749 g/mol. The number of allylic oxidation sites excluding steroid dienone is 5. The molecule has 0 saturated carbocycles. The lowest BCUT2D eigenvalue weighted by Crippen LogP contribution is -2.57. The molecule has 294 valence electrons. The second-order valence-corrected chi connectivity index (χ2v) is 15.2. The molecule has 3 rings (SSSR count). The number of likely N-dealkylation sites (tertiary alicyclic amines) is 1. The molecule has 6 amide bonds. The number of hydrogen-bond donors (Lipinski definition) is 4. The van der Waals surface area contributed by atoms with E-state index in [0.29, 0.717) is 18.4 Å². The van der Waals surface area contributed by atoms with Gasteiger partial charge in [-0.15, -0.1) is 0 Å². The van der Waals surface area contributed by atoms with Crippen molar-refractivity contribution in [3.63, 3.8) is 0 Å². The lowest BCUT2D eigenvalue weighted by Gasteiger charge is -2.32. The molecule has 1 heterocycles. The van der Waals surface area contributed by atoms with Crippen LogP contribution in [0.5, 0.6) is 0 Å². The second-order valence-electron chi connectivity index (χ2n) is 15.2. The molecule has 1 aromatic rings. The molecule has 4 atom stereocenters. The van der Waals surface area contributed by atoms with Gasteiger partial charge in [0.15, 0.2) is 0 Å². The Kier molecular flexibility index (Phi) is 15.7. The van der Waals surface area contributed by atoms with E-state index >= 15 is 0 Å². The van der Waals surface area contributed by atoms with Gasteiger partial charge in [0.05, 0.1) is 19.2 Å². The van der Waals surface area contributed by atoms with Gasteiger partial charge < -0.3 is 35.8 Å². The molecule has 1 aliphatic heterocycles. The zero-order valence-electron chi connectivity index (χ0n) is 32.7. The quantitative estimate of drug-likeness (QED) is 0.147. The molecule has 0 spiro atoms. The molecule has 14 nitrogen and oxygen atoms in total. The Bertz CT molecular complexity index is 1650. The van der Waals surface area contributed by atoms with Crippen LogP contribution in [-0.2, 0) is 33.5 Å². The van der Waals surface area contributed by atoms with Gasteiger partial charge in [-0.2, -0.15) is 0 Å². The number of carbonyl (C=O) groups is 7. The number of rotatable bonds is 16. The molecule has 2 unspecified atom stereocenters. The lowest BCUT2D eigenvalue weighted by molar-refractivity contribution is -0.143. The van der Waals surface area contributed by atoms with Gasteiger partial charge in [-0.3, -0.25) is 28.8 Å². The smallest absolute Gasteiger partial charge is 0.407 e. The summed E-state index contributed by atoms with van der Waals surface area (Å²) >= 11 is 0. The first-order chi connectivity index (χ1) is 25.4. The number of hydrogen-bond acceptors (Lipinski definition) is 8. The normalized spacial score (nSPS) is 18.5. The minimum absolute atomic E-state index is 0.0592. The Morgan fingerprint density at radius 3 is 2.26 bits per heavy atom. The predicted molar refractivity (Wildman–Crippen MR) is 203 cm³/mol. The Balaban J connectivity index is 1.76. The molecule has 14 heteroatoms. The fraction of sp³-hybridized carbons (Fsp3) is 0.525. The van der Waals surface area contributed by atoms with Gasteiger partial charge in [-0.1, -0.05) is 103 Å². The molecule has 1 fully saturated rings. The van der Waals surface area contributed by atoms with Crippen LogP contribution in [-0.4, -0.2) is 103 Å². The predicted octanol–water partition coefficient (Wildman–Crippen LogP) is 3.11. The van der Waals surface area contributed by atoms with Gasteiger partial charge in [-0.05, 0) is 41.7 Å². The van der Waals surface area contributed by atoms with E-state index in [9.17, 15) is 33.6 Å². The van der Waals surface area contributed by atoms with Crippen molar-refractivity contribution in [2.75, 3.05) is 33.8 Å². The van der Waals surface area contributed by atoms with Crippen LogP contribution in [0, 0.1) is 11.3 Å². The van der Waals surface area contributed by atoms with Crippen LogP contribution in [0.4, 0.5) is 4.79 Å². The van der Waals surface area contributed by atoms with E-state index in [1.54, 1.807) is 33.2 Å². The summed E-state index contributed by atoms with van der Waals surface area (Å²) in [7, 11) is 3.10. The SMILES string of the molecule is CCCC(NC(=O)[C@@H]1CC(C)(C)CN1C(=O)[C@@H](NC(=O)OCC(C)C)C(C)c1ccccc1)C(=O)C(=O)NCC(=O)NC(C(=O)N(C)C)=C1C=CC=CC1. The van der Waals surface area contributed by atoms with E-state index in [-0.39, 0.29) is 37.6 Å². The molecular weight excluding hydrogens is 692 g/mol. The van der Waals surface area contributed by atoms with Crippen molar-refractivity contribution < 1.29 is 38.3 Å². The van der Waals surface area contributed by atoms with E-state index in [2.05, 4.69) is 21.3 Å². The fourth-order valence-corrected chi connectivity index (χ4v) is 6.28. The van der Waals surface area contributed by atoms with Crippen molar-refractivity contribution in [3.8, 4) is 0 Å². The zero-order chi connectivity index (χ0) is 40.2. The van der Waals surface area contributed by atoms with E-state index in [1.165, 1.54) is 9.80 Å². The number of ketones is 1. The van der Waals surface area contributed by atoms with Crippen molar-refractivity contribution in [1.82, 2.24) is 31.1 Å². The number of likely N-dealkylation sites (N-methyl/N-ethyl adjacent to an activating group) is 1. The van der Waals surface area contributed by atoms with E-state index in [1.807, 2.05) is 77.1 Å². The molecule has 1 aromatic carbocycles. The molecule has 1 aliphatic carbocycles. The average Bonchev–Trinajstić information content (AvgIpc) is 3.48. The van der Waals surface area contributed by atoms with Crippen LogP contribution in [0.25, 0.3) is 0 Å². The maximum absolute atomic E-state index is 14.4. The topological polar surface area (TPSA) is 183 Å². The molecule has 1 saturated heterocycles. The van der Waals surface area contributed by atoms with Crippen LogP contribution < -0.4 is 21.3 Å². The summed E-state index contributed by atoms with van der Waals surface area (Å²) in [5.74, 6) is -4.70. The van der Waals surface area contributed by atoms with Gasteiger partial charge >= 0.3 is 6.09 Å². The second kappa shape index (κ2) is 19.7. The molecule has 4 N–H and O–H groups in total. The van der Waals surface area contributed by atoms with E-state index in [4.69, 9.17) is 4.74 Å². The monoisotopic (exact) mass is 748 g/mol. The number of carbonyl (C=O) groups excluding carboxylic acids is 7. The maximum atomic E-state index is 14.4. The van der Waals surface area contributed by atoms with Gasteiger partial charge in [0, 0.05) is 26.6 Å². The summed E-state index contributed by atoms with van der Waals surface area (Å²) in [6.07, 6.45) is 7.60. The Hall–Kier alpha value is -5.27. The van der Waals surface area contributed by atoms with Crippen molar-refractivity contribution in [2.24, 2.45) is 11.3 Å². The number of amides is 6. The van der Waals surface area contributed by atoms with Crippen molar-refractivity contribution in [2.45, 2.75) is 91.3 Å². The molecule has 0 bridgehead atoms. The summed E-state index contributed by atoms with van der Waals surface area (Å²) in [6, 6.07) is 5.91. The summed E-state index contributed by atoms with van der Waals surface area (Å²) in [5.41, 5.74) is 0.955. The number of nitrogens with one attached hydrogen (secondary N) is 4. The summed E-state index contributed by atoms with van der Waals surface area (Å²) in [6.45, 7) is 11.0. The molecule has 2 aliphatic rings. The standard InChI is InChI=1S/C40H56N6O8/c1-9-16-29(34(48)36(50)41-22-31(47)43-33(37(51)45(7)8)28-19-14-11-15-20-28)42-35(49)30-21-40(5,6)24-46(30)38(52)32(44-39(53)54-23-25(2)3)26(4)27-17-12-10-13-18-27/h10-15,17-19,25-26,29-30,32H,9,16,20-24H2,1-8H3,(H,41,50)(H,42,49)(H,43,47)(H,44,53)/t26?,29?,30-,32-/m0/s1. The Morgan fingerprint density at radius 1 is 0.981 bits per heavy atom. The van der Waals surface area contributed by atoms with Crippen LogP contribution in [0.3, 0.4) is 0 Å². The van der Waals surface area contributed by atoms with E-state index in [0.717, 1.165) is 5.56 Å². The summed E-state index contributed by atoms with van der Waals surface area (Å²) < 4.78 is 5.35. The van der Waals surface area contributed by atoms with Crippen molar-refractivity contribution in [3.05, 3.63) is 71.5 Å². The first kappa shape index (κ1) is 43.1. The third-order valence-corrected chi connectivity index (χ3v) is 9.15. The first-order valence-corrected chi connectivity index (χ1v) is 18.4. The van der Waals surface area contributed by atoms with Gasteiger partial charge in [-0.25, -0.2) is 4.79 Å². The number of benzene rings is 1. The lowest BCUT2D eigenvalue weighted by atomic mass is 9.90. The first-order valence-electron chi connectivity index (χ1n) is 18.4. The zero-order valence-corrected chi connectivity index (χ0v) is 32.7. The van der Waals surface area contributed by atoms with Crippen LogP contribution in [0.1, 0.15) is 78.7 Å². The highest BCUT2D eigenvalue weighted by Gasteiger charge is 2.47. The van der Waals surface area contributed by atoms with Crippen molar-refractivity contribution in [1.29, 1.82) is 0 Å². The van der Waals surface area contributed by atoms with Crippen molar-refractivity contribution >= 4 is 41.4 Å². The van der Waals surface area contributed by atoms with Crippen LogP contribution in [0.15, 0.2) is 65.9 Å². The molecule has 54 heavy (non-hydrogen) atoms. The van der Waals surface area contributed by atoms with Gasteiger partial charge in [0.1, 0.15) is 17.8 Å². The minimum Gasteiger partial charge on any atom is -0.449 e. The Labute approximate surface area is 318 Å². The highest BCUT2D eigenvalue weighted by Crippen LogP contribution is 2.36. The number of ether oxygens (including phenoxy) is 1. The van der Waals surface area contributed by atoms with Gasteiger partial charge in [0.2, 0.25) is 23.5 Å². The highest BCUT2D eigenvalue weighted by molar-refractivity contribution is 6.38. The fourth-order valence-electron chi connectivity index (χ4n) is 6.28. The van der Waals surface area contributed by atoms with Gasteiger partial charge in [0.25, 0.3) is 11.8 Å². The summed E-state index contributed by atoms with van der Waals surface area (Å²) in [4.78, 5) is 96.1. The number of nitrogens with zero attached hydrogens (tertiary/aromatic N) is 2. The molecule has 0 aromatic heterocycles.